The minimum absolute atomic E-state index is 0.375. The molecule has 0 aliphatic heterocycles. The van der Waals surface area contributed by atoms with E-state index in [0.717, 1.165) is 6.42 Å². The van der Waals surface area contributed by atoms with Crippen molar-refractivity contribution in [2.24, 2.45) is 0 Å². The Labute approximate surface area is 105 Å². The lowest BCUT2D eigenvalue weighted by molar-refractivity contribution is -0.537. The van der Waals surface area contributed by atoms with Crippen LogP contribution in [0.5, 0.6) is 0 Å². The van der Waals surface area contributed by atoms with Crippen molar-refractivity contribution in [2.75, 3.05) is 0 Å². The van der Waals surface area contributed by atoms with E-state index >= 15 is 0 Å². The van der Waals surface area contributed by atoms with Gasteiger partial charge in [-0.2, -0.15) is 9.78 Å². The Hall–Kier alpha value is -0.160. The van der Waals surface area contributed by atoms with E-state index < -0.39 is 5.79 Å². The first-order chi connectivity index (χ1) is 7.47. The van der Waals surface area contributed by atoms with Crippen LogP contribution in [0.15, 0.2) is 0 Å². The third kappa shape index (κ3) is 9.53. The fourth-order valence-electron chi connectivity index (χ4n) is 0.978. The molecule has 0 aromatic rings. The molecule has 17 heavy (non-hydrogen) atoms. The molecule has 0 spiro atoms. The second-order valence-electron chi connectivity index (χ2n) is 6.44. The largest absolute Gasteiger partial charge is 0.231 e. The molecule has 0 saturated heterocycles. The van der Waals surface area contributed by atoms with E-state index in [4.69, 9.17) is 19.6 Å². The summed E-state index contributed by atoms with van der Waals surface area (Å²) in [7, 11) is 0. The summed E-state index contributed by atoms with van der Waals surface area (Å²) in [6.07, 6.45) is 1.61. The molecule has 0 N–H and O–H groups in total. The molecule has 4 nitrogen and oxygen atoms in total. The van der Waals surface area contributed by atoms with Gasteiger partial charge in [-0.15, -0.1) is 0 Å². The lowest BCUT2D eigenvalue weighted by atomic mass is 10.2. The van der Waals surface area contributed by atoms with Crippen molar-refractivity contribution in [2.45, 2.75) is 85.2 Å². The van der Waals surface area contributed by atoms with E-state index in [9.17, 15) is 0 Å². The lowest BCUT2D eigenvalue weighted by Gasteiger charge is -2.32. The van der Waals surface area contributed by atoms with E-state index in [-0.39, 0.29) is 11.2 Å². The Morgan fingerprint density at radius 1 is 0.647 bits per heavy atom. The molecule has 0 saturated carbocycles. The average Bonchev–Trinajstić information content (AvgIpc) is 2.11. The topological polar surface area (TPSA) is 36.9 Å². The molecule has 0 aliphatic rings. The van der Waals surface area contributed by atoms with Crippen molar-refractivity contribution >= 4 is 0 Å². The highest BCUT2D eigenvalue weighted by Gasteiger charge is 2.32. The number of hydrogen-bond acceptors (Lipinski definition) is 4. The molecule has 0 amide bonds. The van der Waals surface area contributed by atoms with Gasteiger partial charge in [0.1, 0.15) is 0 Å². The second kappa shape index (κ2) is 6.14. The molecule has 0 aromatic heterocycles. The van der Waals surface area contributed by atoms with Gasteiger partial charge in [-0.05, 0) is 48.5 Å². The maximum atomic E-state index is 5.38. The van der Waals surface area contributed by atoms with E-state index in [1.54, 1.807) is 0 Å². The van der Waals surface area contributed by atoms with Gasteiger partial charge in [0.05, 0.1) is 11.2 Å². The van der Waals surface area contributed by atoms with Gasteiger partial charge in [0.25, 0.3) is 0 Å². The van der Waals surface area contributed by atoms with Crippen LogP contribution in [0.3, 0.4) is 0 Å². The van der Waals surface area contributed by atoms with Gasteiger partial charge < -0.3 is 0 Å². The molecule has 0 aromatic carbocycles. The highest BCUT2D eigenvalue weighted by molar-refractivity contribution is 4.62. The van der Waals surface area contributed by atoms with Crippen LogP contribution < -0.4 is 0 Å². The van der Waals surface area contributed by atoms with Gasteiger partial charge in [0.15, 0.2) is 0 Å². The van der Waals surface area contributed by atoms with E-state index in [2.05, 4.69) is 6.92 Å². The molecule has 0 radical (unpaired) electrons. The lowest BCUT2D eigenvalue weighted by Crippen LogP contribution is -2.38. The summed E-state index contributed by atoms with van der Waals surface area (Å²) >= 11 is 0. The Kier molecular flexibility index (Phi) is 6.08. The number of hydrogen-bond donors (Lipinski definition) is 0. The first-order valence-electron chi connectivity index (χ1n) is 6.21. The van der Waals surface area contributed by atoms with Crippen molar-refractivity contribution in [3.05, 3.63) is 0 Å². The molecule has 0 aliphatic carbocycles. The summed E-state index contributed by atoms with van der Waals surface area (Å²) in [4.78, 5) is 21.4. The van der Waals surface area contributed by atoms with Crippen LogP contribution in [-0.2, 0) is 19.6 Å². The zero-order chi connectivity index (χ0) is 13.7. The van der Waals surface area contributed by atoms with Crippen LogP contribution in [0.1, 0.15) is 68.2 Å². The van der Waals surface area contributed by atoms with Crippen molar-refractivity contribution in [3.8, 4) is 0 Å². The molecular formula is C13H28O4. The summed E-state index contributed by atoms with van der Waals surface area (Å²) in [6.45, 7) is 15.4. The molecule has 0 bridgehead atoms. The molecule has 104 valence electrons. The minimum Gasteiger partial charge on any atom is -0.228 e. The highest BCUT2D eigenvalue weighted by atomic mass is 17.3. The fourth-order valence-corrected chi connectivity index (χ4v) is 0.978. The normalized spacial score (nSPS) is 14.1. The molecule has 0 unspecified atom stereocenters. The molecule has 0 heterocycles. The van der Waals surface area contributed by atoms with Gasteiger partial charge in [-0.25, -0.2) is 9.78 Å². The monoisotopic (exact) mass is 248 g/mol. The Morgan fingerprint density at radius 2 is 1.00 bits per heavy atom. The van der Waals surface area contributed by atoms with Crippen LogP contribution in [0.25, 0.3) is 0 Å². The highest BCUT2D eigenvalue weighted by Crippen LogP contribution is 2.25. The van der Waals surface area contributed by atoms with Crippen LogP contribution in [0.4, 0.5) is 0 Å². The third-order valence-electron chi connectivity index (χ3n) is 1.64. The zero-order valence-electron chi connectivity index (χ0n) is 12.5. The van der Waals surface area contributed by atoms with E-state index in [0.29, 0.717) is 6.42 Å². The average molecular weight is 248 g/mol. The van der Waals surface area contributed by atoms with Crippen molar-refractivity contribution < 1.29 is 19.6 Å². The summed E-state index contributed by atoms with van der Waals surface area (Å²) in [6, 6.07) is 0. The van der Waals surface area contributed by atoms with Gasteiger partial charge in [0.2, 0.25) is 5.79 Å². The summed E-state index contributed by atoms with van der Waals surface area (Å²) < 4.78 is 0. The SMILES string of the molecule is CCCC(C)(OOC(C)(C)C)OOC(C)(C)C. The van der Waals surface area contributed by atoms with Gasteiger partial charge >= 0.3 is 0 Å². The van der Waals surface area contributed by atoms with E-state index in [1.165, 1.54) is 0 Å². The maximum Gasteiger partial charge on any atom is 0.231 e. The molecule has 0 rings (SSSR count). The standard InChI is InChI=1S/C13H28O4/c1-9-10-13(8,16-14-11(2,3)4)17-15-12(5,6)7/h9-10H2,1-8H3. The van der Waals surface area contributed by atoms with Gasteiger partial charge in [0, 0.05) is 6.42 Å². The van der Waals surface area contributed by atoms with Crippen LogP contribution in [-0.4, -0.2) is 17.0 Å². The predicted octanol–water partition coefficient (Wildman–Crippen LogP) is 4.00. The van der Waals surface area contributed by atoms with Crippen molar-refractivity contribution in [3.63, 3.8) is 0 Å². The Balaban J connectivity index is 4.35. The summed E-state index contributed by atoms with van der Waals surface area (Å²) in [5.74, 6) is -0.880. The Bertz CT molecular complexity index is 194. The Morgan fingerprint density at radius 3 is 1.24 bits per heavy atom. The van der Waals surface area contributed by atoms with Crippen molar-refractivity contribution in [1.82, 2.24) is 0 Å². The zero-order valence-corrected chi connectivity index (χ0v) is 12.5. The third-order valence-corrected chi connectivity index (χ3v) is 1.64. The minimum atomic E-state index is -0.880. The van der Waals surface area contributed by atoms with E-state index in [1.807, 2.05) is 48.5 Å². The van der Waals surface area contributed by atoms with Crippen LogP contribution in [0.2, 0.25) is 0 Å². The molecule has 0 fully saturated rings. The molecule has 4 heteroatoms. The maximum absolute atomic E-state index is 5.38. The summed E-state index contributed by atoms with van der Waals surface area (Å²) in [5, 5.41) is 0. The molecular weight excluding hydrogens is 220 g/mol. The summed E-state index contributed by atoms with van der Waals surface area (Å²) in [5.41, 5.74) is -0.750. The first-order valence-corrected chi connectivity index (χ1v) is 6.21. The van der Waals surface area contributed by atoms with Gasteiger partial charge in [-0.3, -0.25) is 0 Å². The smallest absolute Gasteiger partial charge is 0.228 e. The predicted molar refractivity (Wildman–Crippen MR) is 67.2 cm³/mol. The quantitative estimate of drug-likeness (QED) is 0.404. The fraction of sp³-hybridized carbons (Fsp3) is 1.00. The van der Waals surface area contributed by atoms with Crippen LogP contribution in [0, 0.1) is 0 Å². The molecule has 0 atom stereocenters. The number of rotatable bonds is 6. The van der Waals surface area contributed by atoms with Gasteiger partial charge in [-0.1, -0.05) is 13.3 Å². The van der Waals surface area contributed by atoms with Crippen LogP contribution >= 0.6 is 0 Å². The second-order valence-corrected chi connectivity index (χ2v) is 6.44. The van der Waals surface area contributed by atoms with Crippen molar-refractivity contribution in [1.29, 1.82) is 0 Å². The first kappa shape index (κ1) is 16.8.